The maximum absolute atomic E-state index is 14.4. The first-order valence-electron chi connectivity index (χ1n) is 14.0. The van der Waals surface area contributed by atoms with Gasteiger partial charge in [-0.25, -0.2) is 18.7 Å². The van der Waals surface area contributed by atoms with Gasteiger partial charge in [0.2, 0.25) is 0 Å². The molecule has 0 unspecified atom stereocenters. The van der Waals surface area contributed by atoms with Gasteiger partial charge in [-0.05, 0) is 69.8 Å². The van der Waals surface area contributed by atoms with Crippen LogP contribution < -0.4 is 10.6 Å². The summed E-state index contributed by atoms with van der Waals surface area (Å²) in [5.74, 6) is -2.09. The number of nitrogens with zero attached hydrogens (tertiary/aromatic N) is 3. The lowest BCUT2D eigenvalue weighted by Crippen LogP contribution is -2.40. The van der Waals surface area contributed by atoms with E-state index in [0.717, 1.165) is 55.7 Å². The van der Waals surface area contributed by atoms with Crippen LogP contribution in [0, 0.1) is 5.92 Å². The number of alkyl halides is 5. The van der Waals surface area contributed by atoms with Gasteiger partial charge >= 0.3 is 6.18 Å². The summed E-state index contributed by atoms with van der Waals surface area (Å²) in [6.07, 6.45) is -1.46. The van der Waals surface area contributed by atoms with Crippen LogP contribution >= 0.6 is 11.3 Å². The molecule has 8 nitrogen and oxygen atoms in total. The number of fused-ring (bicyclic) bond motifs is 2. The fourth-order valence-corrected chi connectivity index (χ4v) is 7.42. The van der Waals surface area contributed by atoms with Crippen LogP contribution in [0.2, 0.25) is 0 Å². The summed E-state index contributed by atoms with van der Waals surface area (Å²) in [7, 11) is 0. The Morgan fingerprint density at radius 3 is 2.29 bits per heavy atom. The van der Waals surface area contributed by atoms with Crippen molar-refractivity contribution in [2.24, 2.45) is 5.92 Å². The lowest BCUT2D eigenvalue weighted by molar-refractivity contribution is -0.146. The first-order valence-corrected chi connectivity index (χ1v) is 14.8. The quantitative estimate of drug-likeness (QED) is 0.356. The molecular weight excluding hydrogens is 569 g/mol. The van der Waals surface area contributed by atoms with E-state index in [0.29, 0.717) is 25.7 Å². The van der Waals surface area contributed by atoms with Crippen molar-refractivity contribution in [2.75, 3.05) is 5.32 Å². The van der Waals surface area contributed by atoms with Crippen LogP contribution in [0.25, 0.3) is 10.4 Å². The van der Waals surface area contributed by atoms with Crippen molar-refractivity contribution in [3.8, 4) is 10.4 Å². The minimum absolute atomic E-state index is 0.00829. The van der Waals surface area contributed by atoms with Crippen molar-refractivity contribution < 1.29 is 36.6 Å². The smallest absolute Gasteiger partial charge is 0.391 e. The summed E-state index contributed by atoms with van der Waals surface area (Å²) in [6.45, 7) is 0. The molecular formula is C27H30F5N5O3S. The van der Waals surface area contributed by atoms with Gasteiger partial charge in [0.25, 0.3) is 18.2 Å². The Morgan fingerprint density at radius 1 is 1.05 bits per heavy atom. The molecule has 0 spiro atoms. The number of aromatic nitrogens is 2. The third-order valence-corrected chi connectivity index (χ3v) is 9.76. The molecule has 2 saturated heterocycles. The Morgan fingerprint density at radius 2 is 1.73 bits per heavy atom. The number of halogens is 5. The van der Waals surface area contributed by atoms with Crippen LogP contribution in [0.3, 0.4) is 0 Å². The fourth-order valence-electron chi connectivity index (χ4n) is 6.43. The molecule has 4 fully saturated rings. The number of pyridine rings is 1. The summed E-state index contributed by atoms with van der Waals surface area (Å²) in [6, 6.07) is -1.50. The number of anilines is 1. The van der Waals surface area contributed by atoms with Crippen molar-refractivity contribution in [3.63, 3.8) is 0 Å². The van der Waals surface area contributed by atoms with E-state index in [1.54, 1.807) is 4.90 Å². The summed E-state index contributed by atoms with van der Waals surface area (Å²) in [5, 5.41) is 15.0. The highest BCUT2D eigenvalue weighted by Crippen LogP contribution is 2.44. The normalized spacial score (nSPS) is 26.6. The molecule has 2 saturated carbocycles. The highest BCUT2D eigenvalue weighted by atomic mass is 32.1. The van der Waals surface area contributed by atoms with Crippen LogP contribution in [0.5, 0.6) is 0 Å². The number of carbonyl (C=O) groups is 2. The lowest BCUT2D eigenvalue weighted by Gasteiger charge is -2.23. The molecule has 3 N–H and O–H groups in total. The summed E-state index contributed by atoms with van der Waals surface area (Å²) in [4.78, 5) is 37.0. The maximum Gasteiger partial charge on any atom is 0.408 e. The summed E-state index contributed by atoms with van der Waals surface area (Å²) >= 11 is 0.760. The number of carbonyl (C=O) groups excluding carboxylic acids is 2. The van der Waals surface area contributed by atoms with Crippen molar-refractivity contribution >= 4 is 29.0 Å². The van der Waals surface area contributed by atoms with E-state index < -0.39 is 54.1 Å². The van der Waals surface area contributed by atoms with E-state index in [4.69, 9.17) is 0 Å². The van der Waals surface area contributed by atoms with E-state index in [2.05, 4.69) is 20.6 Å². The van der Waals surface area contributed by atoms with Crippen LogP contribution in [0.15, 0.2) is 12.3 Å². The van der Waals surface area contributed by atoms with Gasteiger partial charge in [0, 0.05) is 29.4 Å². The van der Waals surface area contributed by atoms with E-state index in [9.17, 15) is 36.6 Å². The van der Waals surface area contributed by atoms with Crippen LogP contribution in [0.4, 0.5) is 27.8 Å². The third-order valence-electron chi connectivity index (χ3n) is 8.67. The topological polar surface area (TPSA) is 107 Å². The predicted octanol–water partition coefficient (Wildman–Crippen LogP) is 5.31. The lowest BCUT2D eigenvalue weighted by atomic mass is 10.0. The minimum atomic E-state index is -4.58. The molecule has 41 heavy (non-hydrogen) atoms. The first-order chi connectivity index (χ1) is 19.5. The molecule has 2 amide bonds. The van der Waals surface area contributed by atoms with Crippen LogP contribution in [0.1, 0.15) is 90.1 Å². The number of amides is 2. The molecule has 2 aromatic rings. The SMILES string of the molecule is O=C(N[C@@H]1CCC[C@H]1O)c1nc(C(=O)N2[C@H]3CC[C@H]2CC3)c(-c2cnc(N[C@@H](C3CC3)C(F)(F)F)cc2C(F)F)s1. The molecule has 6 rings (SSSR count). The number of aliphatic hydroxyl groups is 1. The number of hydrogen-bond donors (Lipinski definition) is 3. The molecule has 2 aliphatic heterocycles. The van der Waals surface area contributed by atoms with E-state index in [1.165, 1.54) is 0 Å². The first kappa shape index (κ1) is 28.3. The average molecular weight is 600 g/mol. The molecule has 3 atom stereocenters. The van der Waals surface area contributed by atoms with Crippen molar-refractivity contribution in [2.45, 2.75) is 101 Å². The second-order valence-corrected chi connectivity index (χ2v) is 12.4. The van der Waals surface area contributed by atoms with Gasteiger partial charge in [0.15, 0.2) is 5.01 Å². The largest absolute Gasteiger partial charge is 0.408 e. The zero-order valence-electron chi connectivity index (χ0n) is 22.0. The molecule has 0 radical (unpaired) electrons. The Labute approximate surface area is 236 Å². The van der Waals surface area contributed by atoms with E-state index >= 15 is 0 Å². The molecule has 14 heteroatoms. The Balaban J connectivity index is 1.37. The third kappa shape index (κ3) is 5.52. The van der Waals surface area contributed by atoms with E-state index in [-0.39, 0.29) is 39.0 Å². The van der Waals surface area contributed by atoms with Crippen LogP contribution in [-0.4, -0.2) is 68.2 Å². The van der Waals surface area contributed by atoms with Gasteiger partial charge in [-0.1, -0.05) is 0 Å². The van der Waals surface area contributed by atoms with Gasteiger partial charge in [-0.3, -0.25) is 9.59 Å². The standard InChI is InChI=1S/C27H30F5N5O3S/c28-23(29)15-10-19(35-22(12-4-5-12)27(30,31)32)33-11-16(15)21-20(26(40)37-13-6-7-14(37)9-8-13)36-25(41-21)24(39)34-17-2-1-3-18(17)38/h10-14,17-18,22-23,38H,1-9H2,(H,33,35)(H,34,39)/t13-,14-,17-,18-,22+/m1/s1. The van der Waals surface area contributed by atoms with Crippen LogP contribution in [-0.2, 0) is 0 Å². The second kappa shape index (κ2) is 10.8. The predicted molar refractivity (Wildman–Crippen MR) is 140 cm³/mol. The van der Waals surface area contributed by atoms with Crippen molar-refractivity contribution in [1.29, 1.82) is 0 Å². The second-order valence-electron chi connectivity index (χ2n) is 11.4. The monoisotopic (exact) mass is 599 g/mol. The molecule has 4 heterocycles. The summed E-state index contributed by atoms with van der Waals surface area (Å²) < 4.78 is 69.5. The molecule has 2 aliphatic carbocycles. The molecule has 2 aromatic heterocycles. The van der Waals surface area contributed by atoms with Gasteiger partial charge < -0.3 is 20.6 Å². The number of hydrogen-bond acceptors (Lipinski definition) is 7. The van der Waals surface area contributed by atoms with E-state index in [1.807, 2.05) is 0 Å². The Hall–Kier alpha value is -2.87. The van der Waals surface area contributed by atoms with Crippen molar-refractivity contribution in [3.05, 3.63) is 28.5 Å². The number of aliphatic hydroxyl groups excluding tert-OH is 1. The Kier molecular flexibility index (Phi) is 7.41. The molecule has 2 bridgehead atoms. The maximum atomic E-state index is 14.4. The number of nitrogens with one attached hydrogen (secondary N) is 2. The average Bonchev–Trinajstić information content (AvgIpc) is 3.24. The minimum Gasteiger partial charge on any atom is -0.391 e. The highest BCUT2D eigenvalue weighted by Gasteiger charge is 2.49. The molecule has 222 valence electrons. The summed E-state index contributed by atoms with van der Waals surface area (Å²) in [5.41, 5.74) is -0.922. The van der Waals surface area contributed by atoms with Gasteiger partial charge in [0.05, 0.1) is 17.0 Å². The van der Waals surface area contributed by atoms with Gasteiger partial charge in [-0.2, -0.15) is 13.2 Å². The zero-order chi connectivity index (χ0) is 29.1. The number of rotatable bonds is 8. The van der Waals surface area contributed by atoms with Crippen molar-refractivity contribution in [1.82, 2.24) is 20.2 Å². The Bertz CT molecular complexity index is 1310. The van der Waals surface area contributed by atoms with Gasteiger partial charge in [-0.15, -0.1) is 11.3 Å². The zero-order valence-corrected chi connectivity index (χ0v) is 22.8. The molecule has 4 aliphatic rings. The fraction of sp³-hybridized carbons (Fsp3) is 0.630. The highest BCUT2D eigenvalue weighted by molar-refractivity contribution is 7.17. The number of thiazole rings is 1. The molecule has 0 aromatic carbocycles. The van der Waals surface area contributed by atoms with Gasteiger partial charge in [0.1, 0.15) is 17.6 Å².